The van der Waals surface area contributed by atoms with E-state index in [2.05, 4.69) is 15.0 Å². The van der Waals surface area contributed by atoms with E-state index < -0.39 is 23.7 Å². The van der Waals surface area contributed by atoms with Crippen molar-refractivity contribution in [2.75, 3.05) is 19.0 Å². The number of hydrogen-bond acceptors (Lipinski definition) is 5. The maximum Gasteiger partial charge on any atom is 0.464 e. The number of H-pyrrole nitrogens is 1. The molecular formula is C19H21F3N3O4+. The number of rotatable bonds is 7. The average molecular weight is 412 g/mol. The van der Waals surface area contributed by atoms with E-state index in [0.717, 1.165) is 0 Å². The summed E-state index contributed by atoms with van der Waals surface area (Å²) in [7, 11) is 1.41. The normalized spacial score (nSPS) is 13.2. The first-order chi connectivity index (χ1) is 13.6. The highest BCUT2D eigenvalue weighted by Gasteiger charge is 2.68. The number of hydrogen-bond donors (Lipinski definition) is 2. The predicted octanol–water partition coefficient (Wildman–Crippen LogP) is 2.48. The molecule has 10 heteroatoms. The van der Waals surface area contributed by atoms with Gasteiger partial charge in [-0.3, -0.25) is 10.1 Å². The molecule has 0 unspecified atom stereocenters. The number of ether oxygens (including phenoxy) is 2. The van der Waals surface area contributed by atoms with Gasteiger partial charge in [-0.2, -0.15) is 13.2 Å². The number of aromatic amines is 1. The third-order valence-corrected chi connectivity index (χ3v) is 3.94. The summed E-state index contributed by atoms with van der Waals surface area (Å²) in [5.41, 5.74) is -2.98. The van der Waals surface area contributed by atoms with Gasteiger partial charge in [0.2, 0.25) is 0 Å². The van der Waals surface area contributed by atoms with Crippen LogP contribution in [0.2, 0.25) is 0 Å². The number of carbonyl (C=O) groups is 2. The Kier molecular flexibility index (Phi) is 6.68. The fourth-order valence-corrected chi connectivity index (χ4v) is 2.47. The summed E-state index contributed by atoms with van der Waals surface area (Å²) < 4.78 is 52.0. The number of alkyl halides is 3. The molecule has 0 aliphatic heterocycles. The van der Waals surface area contributed by atoms with Crippen LogP contribution in [-0.4, -0.2) is 37.4 Å². The SMILES string of the molecule is CCOC(=O)[C@@](NC(=O)c1ccc(OC)cc1)(Nc1cc(C)cc[nH+]1)C(F)(F)F. The fourth-order valence-electron chi connectivity index (χ4n) is 2.47. The van der Waals surface area contributed by atoms with Crippen LogP contribution in [0.1, 0.15) is 22.8 Å². The second-order valence-electron chi connectivity index (χ2n) is 6.06. The monoisotopic (exact) mass is 412 g/mol. The quantitative estimate of drug-likeness (QED) is 0.539. The number of methoxy groups -OCH3 is 1. The summed E-state index contributed by atoms with van der Waals surface area (Å²) in [5.74, 6) is -2.53. The van der Waals surface area contributed by atoms with Crippen LogP contribution < -0.4 is 20.4 Å². The molecule has 0 spiro atoms. The van der Waals surface area contributed by atoms with E-state index in [1.807, 2.05) is 0 Å². The Bertz CT molecular complexity index is 872. The lowest BCUT2D eigenvalue weighted by Crippen LogP contribution is -2.69. The van der Waals surface area contributed by atoms with E-state index in [1.54, 1.807) is 18.3 Å². The van der Waals surface area contributed by atoms with Gasteiger partial charge in [0.25, 0.3) is 11.7 Å². The van der Waals surface area contributed by atoms with Gasteiger partial charge in [0, 0.05) is 11.6 Å². The van der Waals surface area contributed by atoms with E-state index in [0.29, 0.717) is 11.3 Å². The summed E-state index contributed by atoms with van der Waals surface area (Å²) in [6, 6.07) is 8.37. The molecule has 2 rings (SSSR count). The second kappa shape index (κ2) is 8.80. The molecule has 0 aliphatic rings. The molecule has 1 atom stereocenters. The summed E-state index contributed by atoms with van der Waals surface area (Å²) >= 11 is 0. The number of aryl methyl sites for hydroxylation is 1. The Morgan fingerprint density at radius 1 is 1.14 bits per heavy atom. The zero-order valence-electron chi connectivity index (χ0n) is 16.0. The summed E-state index contributed by atoms with van der Waals surface area (Å²) in [4.78, 5) is 27.6. The molecule has 29 heavy (non-hydrogen) atoms. The first-order valence-corrected chi connectivity index (χ1v) is 8.60. The van der Waals surface area contributed by atoms with Crippen molar-refractivity contribution in [3.63, 3.8) is 0 Å². The molecule has 0 bridgehead atoms. The minimum atomic E-state index is -5.22. The van der Waals surface area contributed by atoms with E-state index in [9.17, 15) is 22.8 Å². The largest absolute Gasteiger partial charge is 0.497 e. The molecular weight excluding hydrogens is 391 g/mol. The number of halogens is 3. The molecule has 156 valence electrons. The molecule has 1 amide bonds. The van der Waals surface area contributed by atoms with Gasteiger partial charge < -0.3 is 9.47 Å². The van der Waals surface area contributed by atoms with Crippen LogP contribution in [0.3, 0.4) is 0 Å². The van der Waals surface area contributed by atoms with Crippen molar-refractivity contribution < 1.29 is 37.2 Å². The van der Waals surface area contributed by atoms with Crippen LogP contribution in [0, 0.1) is 6.92 Å². The van der Waals surface area contributed by atoms with E-state index in [-0.39, 0.29) is 18.0 Å². The maximum atomic E-state index is 14.1. The topological polar surface area (TPSA) is 90.8 Å². The van der Waals surface area contributed by atoms with Crippen LogP contribution >= 0.6 is 0 Å². The van der Waals surface area contributed by atoms with Crippen LogP contribution in [0.4, 0.5) is 19.0 Å². The Morgan fingerprint density at radius 3 is 2.31 bits per heavy atom. The van der Waals surface area contributed by atoms with Crippen molar-refractivity contribution in [1.29, 1.82) is 0 Å². The Hall–Kier alpha value is -3.30. The van der Waals surface area contributed by atoms with Crippen LogP contribution in [0.25, 0.3) is 0 Å². The average Bonchev–Trinajstić information content (AvgIpc) is 2.66. The lowest BCUT2D eigenvalue weighted by Gasteiger charge is -2.30. The van der Waals surface area contributed by atoms with E-state index in [1.165, 1.54) is 50.6 Å². The van der Waals surface area contributed by atoms with Gasteiger partial charge in [-0.15, -0.1) is 0 Å². The highest BCUT2D eigenvalue weighted by atomic mass is 19.4. The van der Waals surface area contributed by atoms with E-state index in [4.69, 9.17) is 4.74 Å². The first-order valence-electron chi connectivity index (χ1n) is 8.60. The smallest absolute Gasteiger partial charge is 0.464 e. The Labute approximate surface area is 165 Å². The highest BCUT2D eigenvalue weighted by molar-refractivity contribution is 5.99. The molecule has 1 aromatic heterocycles. The minimum Gasteiger partial charge on any atom is -0.497 e. The molecule has 0 saturated heterocycles. The van der Waals surface area contributed by atoms with Gasteiger partial charge in [0.15, 0.2) is 0 Å². The molecule has 0 aliphatic carbocycles. The van der Waals surface area contributed by atoms with Crippen molar-refractivity contribution in [1.82, 2.24) is 5.32 Å². The third-order valence-electron chi connectivity index (χ3n) is 3.94. The Balaban J connectivity index is 2.48. The highest BCUT2D eigenvalue weighted by Crippen LogP contribution is 2.33. The number of amides is 1. The number of carbonyl (C=O) groups excluding carboxylic acids is 2. The third kappa shape index (κ3) is 4.95. The Morgan fingerprint density at radius 2 is 1.79 bits per heavy atom. The summed E-state index contributed by atoms with van der Waals surface area (Å²) in [6.07, 6.45) is -3.83. The van der Waals surface area contributed by atoms with Gasteiger partial charge in [0.1, 0.15) is 5.75 Å². The number of anilines is 1. The first kappa shape index (κ1) is 22.0. The molecule has 3 N–H and O–H groups in total. The number of nitrogens with one attached hydrogen (secondary N) is 3. The zero-order chi connectivity index (χ0) is 21.7. The number of pyridine rings is 1. The standard InChI is InChI=1S/C19H20F3N3O4/c1-4-29-17(27)18(19(20,21)22,24-15-11-12(2)9-10-23-15)25-16(26)13-5-7-14(28-3)8-6-13/h5-11H,4H2,1-3H3,(H,23,24)(H,25,26)/p+1/t18-/m0/s1. The van der Waals surface area contributed by atoms with Crippen LogP contribution in [0.5, 0.6) is 5.75 Å². The van der Waals surface area contributed by atoms with Crippen LogP contribution in [-0.2, 0) is 9.53 Å². The van der Waals surface area contributed by atoms with Gasteiger partial charge in [-0.1, -0.05) is 0 Å². The second-order valence-corrected chi connectivity index (χ2v) is 6.06. The van der Waals surface area contributed by atoms with Gasteiger partial charge in [-0.25, -0.2) is 15.1 Å². The molecule has 0 saturated carbocycles. The van der Waals surface area contributed by atoms with Gasteiger partial charge in [-0.05, 0) is 49.7 Å². The van der Waals surface area contributed by atoms with Gasteiger partial charge >= 0.3 is 17.8 Å². The molecule has 1 aromatic carbocycles. The lowest BCUT2D eigenvalue weighted by atomic mass is 10.1. The molecule has 7 nitrogen and oxygen atoms in total. The summed E-state index contributed by atoms with van der Waals surface area (Å²) in [6.45, 7) is 2.71. The van der Waals surface area contributed by atoms with Crippen LogP contribution in [0.15, 0.2) is 42.6 Å². The van der Waals surface area contributed by atoms with Crippen molar-refractivity contribution in [2.45, 2.75) is 25.7 Å². The number of benzene rings is 1. The maximum absolute atomic E-state index is 14.1. The fraction of sp³-hybridized carbons (Fsp3) is 0.316. The molecule has 2 aromatic rings. The van der Waals surface area contributed by atoms with Crippen molar-refractivity contribution in [2.24, 2.45) is 0 Å². The van der Waals surface area contributed by atoms with Crippen molar-refractivity contribution in [3.05, 3.63) is 53.7 Å². The van der Waals surface area contributed by atoms with Crippen molar-refractivity contribution >= 4 is 17.7 Å². The molecule has 0 radical (unpaired) electrons. The molecule has 1 heterocycles. The summed E-state index contributed by atoms with van der Waals surface area (Å²) in [5, 5.41) is 3.84. The predicted molar refractivity (Wildman–Crippen MR) is 97.2 cm³/mol. The zero-order valence-corrected chi connectivity index (χ0v) is 16.0. The van der Waals surface area contributed by atoms with E-state index >= 15 is 0 Å². The lowest BCUT2D eigenvalue weighted by molar-refractivity contribution is -0.363. The number of esters is 1. The van der Waals surface area contributed by atoms with Crippen molar-refractivity contribution in [3.8, 4) is 5.75 Å². The van der Waals surface area contributed by atoms with Gasteiger partial charge in [0.05, 0.1) is 19.9 Å². The number of aromatic nitrogens is 1. The minimum absolute atomic E-state index is 0.0984. The molecule has 0 fully saturated rings.